The minimum Gasteiger partial charge on any atom is -0.504 e. The van der Waals surface area contributed by atoms with E-state index in [0.29, 0.717) is 33.8 Å². The van der Waals surface area contributed by atoms with Gasteiger partial charge in [0.15, 0.2) is 22.7 Å². The van der Waals surface area contributed by atoms with Crippen LogP contribution in [0.15, 0.2) is 65.2 Å². The lowest BCUT2D eigenvalue weighted by atomic mass is 10.1. The maximum absolute atomic E-state index is 12.4. The van der Waals surface area contributed by atoms with Crippen LogP contribution in [0.4, 0.5) is 0 Å². The van der Waals surface area contributed by atoms with E-state index in [-0.39, 0.29) is 24.0 Å². The van der Waals surface area contributed by atoms with Gasteiger partial charge in [-0.3, -0.25) is 4.79 Å². The Bertz CT molecular complexity index is 1100. The van der Waals surface area contributed by atoms with Gasteiger partial charge in [-0.25, -0.2) is 4.98 Å². The summed E-state index contributed by atoms with van der Waals surface area (Å²) in [4.78, 5) is 20.9. The second kappa shape index (κ2) is 6.80. The predicted octanol–water partition coefficient (Wildman–Crippen LogP) is 3.23. The number of aromatic nitrogens is 2. The Morgan fingerprint density at radius 3 is 2.74 bits per heavy atom. The van der Waals surface area contributed by atoms with Gasteiger partial charge < -0.3 is 19.9 Å². The Hall–Kier alpha value is -3.87. The van der Waals surface area contributed by atoms with E-state index in [1.54, 1.807) is 48.7 Å². The smallest absolute Gasteiger partial charge is 0.251 e. The molecule has 2 aromatic heterocycles. The topological polar surface area (TPSA) is 108 Å². The molecule has 7 nitrogen and oxygen atoms in total. The highest BCUT2D eigenvalue weighted by atomic mass is 16.3. The van der Waals surface area contributed by atoms with E-state index in [1.807, 2.05) is 0 Å². The normalized spacial score (nSPS) is 10.8. The molecular weight excluding hydrogens is 346 g/mol. The fraction of sp³-hybridized carbons (Fsp3) is 0.0500. The van der Waals surface area contributed by atoms with Crippen molar-refractivity contribution in [3.8, 4) is 23.0 Å². The number of nitrogens with zero attached hydrogens (tertiary/aromatic N) is 2. The third kappa shape index (κ3) is 3.43. The first-order chi connectivity index (χ1) is 13.1. The van der Waals surface area contributed by atoms with Gasteiger partial charge in [-0.15, -0.1) is 0 Å². The fourth-order valence-electron chi connectivity index (χ4n) is 2.65. The van der Waals surface area contributed by atoms with Crippen molar-refractivity contribution in [1.82, 2.24) is 15.3 Å². The van der Waals surface area contributed by atoms with Gasteiger partial charge in [0, 0.05) is 23.9 Å². The molecular formula is C20H15N3O4. The van der Waals surface area contributed by atoms with Crippen LogP contribution >= 0.6 is 0 Å². The summed E-state index contributed by atoms with van der Waals surface area (Å²) in [5.74, 6) is -0.320. The van der Waals surface area contributed by atoms with Crippen molar-refractivity contribution >= 4 is 17.1 Å². The van der Waals surface area contributed by atoms with Gasteiger partial charge in [-0.1, -0.05) is 12.1 Å². The van der Waals surface area contributed by atoms with Crippen molar-refractivity contribution in [2.24, 2.45) is 0 Å². The molecule has 7 heteroatoms. The molecule has 0 saturated heterocycles. The number of oxazole rings is 1. The van der Waals surface area contributed by atoms with Crippen LogP contribution in [0.2, 0.25) is 0 Å². The van der Waals surface area contributed by atoms with E-state index in [2.05, 4.69) is 15.3 Å². The Labute approximate surface area is 153 Å². The molecule has 0 radical (unpaired) electrons. The molecule has 0 unspecified atom stereocenters. The number of carbonyl (C=O) groups is 1. The summed E-state index contributed by atoms with van der Waals surface area (Å²) in [5, 5.41) is 21.6. The third-order valence-electron chi connectivity index (χ3n) is 4.03. The second-order valence-corrected chi connectivity index (χ2v) is 5.93. The van der Waals surface area contributed by atoms with Gasteiger partial charge in [0.05, 0.1) is 0 Å². The van der Waals surface area contributed by atoms with Gasteiger partial charge >= 0.3 is 0 Å². The van der Waals surface area contributed by atoms with Crippen molar-refractivity contribution in [2.75, 3.05) is 0 Å². The number of carbonyl (C=O) groups excluding carboxylic acids is 1. The van der Waals surface area contributed by atoms with Crippen LogP contribution in [0.25, 0.3) is 22.7 Å². The van der Waals surface area contributed by atoms with Crippen LogP contribution in [0.5, 0.6) is 11.5 Å². The molecule has 134 valence electrons. The van der Waals surface area contributed by atoms with Crippen LogP contribution in [0.3, 0.4) is 0 Å². The number of aromatic hydroxyl groups is 2. The van der Waals surface area contributed by atoms with Gasteiger partial charge in [-0.05, 0) is 48.0 Å². The lowest BCUT2D eigenvalue weighted by Crippen LogP contribution is -2.22. The maximum Gasteiger partial charge on any atom is 0.251 e. The number of amides is 1. The molecule has 1 amide bonds. The summed E-state index contributed by atoms with van der Waals surface area (Å²) in [6, 6.07) is 14.9. The molecule has 0 atom stereocenters. The molecule has 27 heavy (non-hydrogen) atoms. The minimum atomic E-state index is -0.279. The molecule has 3 N–H and O–H groups in total. The van der Waals surface area contributed by atoms with Crippen LogP contribution in [0.1, 0.15) is 15.9 Å². The van der Waals surface area contributed by atoms with E-state index in [9.17, 15) is 15.0 Å². The van der Waals surface area contributed by atoms with Crippen molar-refractivity contribution in [3.63, 3.8) is 0 Å². The summed E-state index contributed by atoms with van der Waals surface area (Å²) >= 11 is 0. The summed E-state index contributed by atoms with van der Waals surface area (Å²) in [7, 11) is 0. The van der Waals surface area contributed by atoms with Crippen LogP contribution in [-0.2, 0) is 6.54 Å². The molecule has 0 aliphatic heterocycles. The Kier molecular flexibility index (Phi) is 4.18. The average Bonchev–Trinajstić information content (AvgIpc) is 3.13. The highest BCUT2D eigenvalue weighted by Crippen LogP contribution is 2.25. The lowest BCUT2D eigenvalue weighted by Gasteiger charge is -2.07. The largest absolute Gasteiger partial charge is 0.504 e. The number of phenols is 2. The monoisotopic (exact) mass is 361 g/mol. The summed E-state index contributed by atoms with van der Waals surface area (Å²) in [6.07, 6.45) is 1.64. The highest BCUT2D eigenvalue weighted by molar-refractivity contribution is 5.95. The fourth-order valence-corrected chi connectivity index (χ4v) is 2.65. The zero-order valence-electron chi connectivity index (χ0n) is 14.1. The van der Waals surface area contributed by atoms with Crippen molar-refractivity contribution in [1.29, 1.82) is 0 Å². The summed E-state index contributed by atoms with van der Waals surface area (Å²) < 4.78 is 5.69. The Morgan fingerprint density at radius 2 is 1.93 bits per heavy atom. The first-order valence-electron chi connectivity index (χ1n) is 8.21. The minimum absolute atomic E-state index is 0.203. The second-order valence-electron chi connectivity index (χ2n) is 5.93. The van der Waals surface area contributed by atoms with E-state index in [4.69, 9.17) is 4.42 Å². The molecule has 4 rings (SSSR count). The van der Waals surface area contributed by atoms with E-state index >= 15 is 0 Å². The molecule has 0 aliphatic rings. The number of hydrogen-bond donors (Lipinski definition) is 3. The van der Waals surface area contributed by atoms with E-state index in [1.165, 1.54) is 12.1 Å². The van der Waals surface area contributed by atoms with E-state index in [0.717, 1.165) is 0 Å². The van der Waals surface area contributed by atoms with Gasteiger partial charge in [0.25, 0.3) is 5.91 Å². The Morgan fingerprint density at radius 1 is 1.04 bits per heavy atom. The zero-order chi connectivity index (χ0) is 18.8. The molecule has 0 aliphatic carbocycles. The third-order valence-corrected chi connectivity index (χ3v) is 4.03. The quantitative estimate of drug-likeness (QED) is 0.482. The van der Waals surface area contributed by atoms with Crippen LogP contribution in [0, 0.1) is 0 Å². The number of nitrogens with one attached hydrogen (secondary N) is 1. The highest BCUT2D eigenvalue weighted by Gasteiger charge is 2.12. The van der Waals surface area contributed by atoms with Crippen LogP contribution in [-0.4, -0.2) is 26.1 Å². The molecule has 2 heterocycles. The maximum atomic E-state index is 12.4. The molecule has 0 bridgehead atoms. The molecule has 0 saturated carbocycles. The Balaban J connectivity index is 1.52. The number of fused-ring (bicyclic) bond motifs is 1. The number of rotatable bonds is 4. The van der Waals surface area contributed by atoms with Crippen molar-refractivity contribution < 1.29 is 19.4 Å². The average molecular weight is 361 g/mol. The predicted molar refractivity (Wildman–Crippen MR) is 98.2 cm³/mol. The number of phenolic OH excluding ortho intramolecular Hbond substituents is 2. The van der Waals surface area contributed by atoms with Gasteiger partial charge in [-0.2, -0.15) is 4.98 Å². The van der Waals surface area contributed by atoms with Gasteiger partial charge in [0.1, 0.15) is 0 Å². The van der Waals surface area contributed by atoms with Crippen molar-refractivity contribution in [2.45, 2.75) is 6.54 Å². The number of pyridine rings is 1. The number of benzene rings is 2. The zero-order valence-corrected chi connectivity index (χ0v) is 14.1. The van der Waals surface area contributed by atoms with E-state index < -0.39 is 0 Å². The lowest BCUT2D eigenvalue weighted by molar-refractivity contribution is 0.0951. The first kappa shape index (κ1) is 16.6. The SMILES string of the molecule is O=C(NCc1ccc(O)c(O)c1)c1cccc(-c2nc3ncccc3o2)c1. The van der Waals surface area contributed by atoms with Crippen molar-refractivity contribution in [3.05, 3.63) is 71.9 Å². The van der Waals surface area contributed by atoms with Crippen LogP contribution < -0.4 is 5.32 Å². The molecule has 0 fully saturated rings. The molecule has 2 aromatic carbocycles. The summed E-state index contributed by atoms with van der Waals surface area (Å²) in [5.41, 5.74) is 2.87. The summed E-state index contributed by atoms with van der Waals surface area (Å²) in [6.45, 7) is 0.212. The molecule has 0 spiro atoms. The standard InChI is InChI=1S/C20H15N3O4/c24-15-7-6-12(9-16(15)25)11-22-19(26)13-3-1-4-14(10-13)20-23-18-17(27-20)5-2-8-21-18/h1-10,24-25H,11H2,(H,22,26). The number of hydrogen-bond acceptors (Lipinski definition) is 6. The first-order valence-corrected chi connectivity index (χ1v) is 8.21. The van der Waals surface area contributed by atoms with Gasteiger partial charge in [0.2, 0.25) is 5.89 Å². The molecule has 4 aromatic rings.